The molecule has 0 bridgehead atoms. The molecule has 1 aliphatic heterocycles. The molecule has 1 heterocycles. The molecule has 0 saturated carbocycles. The highest BCUT2D eigenvalue weighted by atomic mass is 19.2. The second kappa shape index (κ2) is 8.12. The maximum Gasteiger partial charge on any atom is 0.251 e. The van der Waals surface area contributed by atoms with Crippen molar-refractivity contribution in [2.75, 3.05) is 23.4 Å². The Morgan fingerprint density at radius 2 is 1.79 bits per heavy atom. The fraction of sp³-hybridized carbons (Fsp3) is 0.211. The van der Waals surface area contributed by atoms with Crippen LogP contribution in [0.2, 0.25) is 0 Å². The lowest BCUT2D eigenvalue weighted by atomic mass is 10.2. The van der Waals surface area contributed by atoms with Crippen molar-refractivity contribution in [3.63, 3.8) is 0 Å². The van der Waals surface area contributed by atoms with E-state index in [9.17, 15) is 22.8 Å². The van der Waals surface area contributed by atoms with E-state index in [4.69, 9.17) is 0 Å². The van der Waals surface area contributed by atoms with Crippen molar-refractivity contribution < 1.29 is 22.8 Å². The van der Waals surface area contributed by atoms with Crippen LogP contribution >= 0.6 is 0 Å². The molecular formula is C19H17F3N4O2. The average molecular weight is 390 g/mol. The van der Waals surface area contributed by atoms with Crippen LogP contribution in [0.25, 0.3) is 0 Å². The first-order valence-corrected chi connectivity index (χ1v) is 8.48. The minimum absolute atomic E-state index is 0.329. The summed E-state index contributed by atoms with van der Waals surface area (Å²) in [5.74, 6) is -5.83. The number of hydrogen-bond acceptors (Lipinski definition) is 4. The van der Waals surface area contributed by atoms with Crippen molar-refractivity contribution in [2.24, 2.45) is 5.10 Å². The van der Waals surface area contributed by atoms with Gasteiger partial charge in [0, 0.05) is 24.2 Å². The van der Waals surface area contributed by atoms with E-state index in [0.29, 0.717) is 11.6 Å². The number of anilines is 2. The smallest absolute Gasteiger partial charge is 0.251 e. The summed E-state index contributed by atoms with van der Waals surface area (Å²) in [6, 6.07) is 8.28. The van der Waals surface area contributed by atoms with Gasteiger partial charge in [0.1, 0.15) is 0 Å². The molecule has 0 aliphatic carbocycles. The molecule has 0 fully saturated rings. The van der Waals surface area contributed by atoms with Gasteiger partial charge in [-0.2, -0.15) is 5.10 Å². The maximum atomic E-state index is 13.5. The van der Waals surface area contributed by atoms with Gasteiger partial charge in [-0.25, -0.2) is 13.2 Å². The molecule has 2 aromatic carbocycles. The number of carbonyl (C=O) groups is 2. The summed E-state index contributed by atoms with van der Waals surface area (Å²) in [7, 11) is 0. The van der Waals surface area contributed by atoms with Crippen LogP contribution in [-0.2, 0) is 4.79 Å². The summed E-state index contributed by atoms with van der Waals surface area (Å²) >= 11 is 0. The fourth-order valence-corrected chi connectivity index (χ4v) is 2.62. The molecule has 3 rings (SSSR count). The van der Waals surface area contributed by atoms with E-state index in [1.165, 1.54) is 0 Å². The average Bonchev–Trinajstić information content (AvgIpc) is 3.13. The number of nitrogens with one attached hydrogen (secondary N) is 2. The lowest BCUT2D eigenvalue weighted by Crippen LogP contribution is -2.33. The van der Waals surface area contributed by atoms with Crippen LogP contribution in [0.1, 0.15) is 23.7 Å². The van der Waals surface area contributed by atoms with Crippen molar-refractivity contribution in [1.29, 1.82) is 0 Å². The molecule has 2 aromatic rings. The Morgan fingerprint density at radius 3 is 2.43 bits per heavy atom. The van der Waals surface area contributed by atoms with Gasteiger partial charge in [0.25, 0.3) is 5.91 Å². The monoisotopic (exact) mass is 390 g/mol. The van der Waals surface area contributed by atoms with Crippen LogP contribution in [0, 0.1) is 17.5 Å². The third-order valence-corrected chi connectivity index (χ3v) is 4.12. The zero-order chi connectivity index (χ0) is 20.3. The number of hydrogen-bond donors (Lipinski definition) is 2. The normalized spacial score (nSPS) is 13.3. The lowest BCUT2D eigenvalue weighted by molar-refractivity contribution is -0.115. The largest absolute Gasteiger partial charge is 0.343 e. The third kappa shape index (κ3) is 4.30. The van der Waals surface area contributed by atoms with E-state index in [1.54, 1.807) is 24.3 Å². The second-order valence-corrected chi connectivity index (χ2v) is 6.21. The summed E-state index contributed by atoms with van der Waals surface area (Å²) in [6.07, 6.45) is 0.885. The van der Waals surface area contributed by atoms with E-state index in [0.717, 1.165) is 30.4 Å². The number of halogens is 3. The van der Waals surface area contributed by atoms with Crippen molar-refractivity contribution in [3.8, 4) is 0 Å². The van der Waals surface area contributed by atoms with Gasteiger partial charge in [-0.15, -0.1) is 0 Å². The third-order valence-electron chi connectivity index (χ3n) is 4.12. The van der Waals surface area contributed by atoms with Crippen LogP contribution in [-0.4, -0.2) is 30.6 Å². The van der Waals surface area contributed by atoms with Crippen LogP contribution in [0.5, 0.6) is 0 Å². The highest BCUT2D eigenvalue weighted by molar-refractivity contribution is 5.99. The van der Waals surface area contributed by atoms with Gasteiger partial charge in [0.05, 0.1) is 17.9 Å². The number of rotatable bonds is 5. The van der Waals surface area contributed by atoms with Crippen LogP contribution in [0.3, 0.4) is 0 Å². The van der Waals surface area contributed by atoms with Crippen LogP contribution < -0.4 is 15.6 Å². The number of benzene rings is 2. The lowest BCUT2D eigenvalue weighted by Gasteiger charge is -2.14. The minimum atomic E-state index is -1.68. The maximum absolute atomic E-state index is 13.5. The van der Waals surface area contributed by atoms with E-state index in [1.807, 2.05) is 11.9 Å². The van der Waals surface area contributed by atoms with Gasteiger partial charge in [-0.1, -0.05) is 0 Å². The van der Waals surface area contributed by atoms with E-state index in [2.05, 4.69) is 15.7 Å². The predicted octanol–water partition coefficient (Wildman–Crippen LogP) is 3.06. The summed E-state index contributed by atoms with van der Waals surface area (Å²) in [4.78, 5) is 24.0. The van der Waals surface area contributed by atoms with Crippen LogP contribution in [0.15, 0.2) is 41.5 Å². The molecule has 0 radical (unpaired) electrons. The molecule has 0 spiro atoms. The number of amides is 2. The van der Waals surface area contributed by atoms with Gasteiger partial charge < -0.3 is 10.6 Å². The number of carbonyl (C=O) groups excluding carboxylic acids is 2. The quantitative estimate of drug-likeness (QED) is 0.771. The SMILES string of the molecule is CC1=NN(c2ccc(C(=O)NCC(=O)Nc3ccc(F)c(F)c3F)cc2)CC1. The Labute approximate surface area is 159 Å². The fourth-order valence-electron chi connectivity index (χ4n) is 2.62. The van der Waals surface area contributed by atoms with Crippen LogP contribution in [0.4, 0.5) is 24.5 Å². The van der Waals surface area contributed by atoms with Gasteiger partial charge >= 0.3 is 0 Å². The highest BCUT2D eigenvalue weighted by Gasteiger charge is 2.16. The van der Waals surface area contributed by atoms with E-state index < -0.39 is 41.5 Å². The first-order valence-electron chi connectivity index (χ1n) is 8.48. The summed E-state index contributed by atoms with van der Waals surface area (Å²) in [5.41, 5.74) is 1.70. The molecule has 146 valence electrons. The molecule has 9 heteroatoms. The Balaban J connectivity index is 1.55. The van der Waals surface area contributed by atoms with Gasteiger partial charge in [-0.3, -0.25) is 14.6 Å². The Bertz CT molecular complexity index is 945. The molecule has 0 saturated heterocycles. The Kier molecular flexibility index (Phi) is 5.62. The molecule has 1 aliphatic rings. The predicted molar refractivity (Wildman–Crippen MR) is 98.8 cm³/mol. The zero-order valence-electron chi connectivity index (χ0n) is 14.9. The van der Waals surface area contributed by atoms with E-state index in [-0.39, 0.29) is 0 Å². The van der Waals surface area contributed by atoms with Crippen molar-refractivity contribution in [3.05, 3.63) is 59.4 Å². The molecule has 2 N–H and O–H groups in total. The van der Waals surface area contributed by atoms with Gasteiger partial charge in [0.2, 0.25) is 5.91 Å². The number of hydrazone groups is 1. The van der Waals surface area contributed by atoms with E-state index >= 15 is 0 Å². The summed E-state index contributed by atoms with van der Waals surface area (Å²) in [6.45, 7) is 2.26. The molecule has 2 amide bonds. The molecule has 28 heavy (non-hydrogen) atoms. The van der Waals surface area contributed by atoms with Crippen molar-refractivity contribution in [1.82, 2.24) is 5.32 Å². The topological polar surface area (TPSA) is 73.8 Å². The molecule has 0 aromatic heterocycles. The number of nitrogens with zero attached hydrogens (tertiary/aromatic N) is 2. The first kappa shape index (κ1) is 19.4. The van der Waals surface area contributed by atoms with Gasteiger partial charge in [0.15, 0.2) is 17.5 Å². The molecule has 0 unspecified atom stereocenters. The van der Waals surface area contributed by atoms with Crippen molar-refractivity contribution >= 4 is 28.9 Å². The van der Waals surface area contributed by atoms with Crippen molar-refractivity contribution in [2.45, 2.75) is 13.3 Å². The molecule has 6 nitrogen and oxygen atoms in total. The van der Waals surface area contributed by atoms with Gasteiger partial charge in [-0.05, 0) is 43.3 Å². The molecule has 0 atom stereocenters. The minimum Gasteiger partial charge on any atom is -0.343 e. The molecular weight excluding hydrogens is 373 g/mol. The zero-order valence-corrected chi connectivity index (χ0v) is 14.9. The first-order chi connectivity index (χ1) is 13.3. The highest BCUT2D eigenvalue weighted by Crippen LogP contribution is 2.20. The summed E-state index contributed by atoms with van der Waals surface area (Å²) < 4.78 is 39.6. The summed E-state index contributed by atoms with van der Waals surface area (Å²) in [5, 5.41) is 10.7. The second-order valence-electron chi connectivity index (χ2n) is 6.21. The Morgan fingerprint density at radius 1 is 1.07 bits per heavy atom. The standard InChI is InChI=1S/C19H17F3N4O2/c1-11-8-9-26(25-11)13-4-2-12(3-5-13)19(28)23-10-16(27)24-15-7-6-14(20)17(21)18(15)22/h2-7H,8-10H2,1H3,(H,23,28)(H,24,27). The Hall–Kier alpha value is -3.36.